The Balaban J connectivity index is 2.24. The first-order valence-electron chi connectivity index (χ1n) is 5.04. The van der Waals surface area contributed by atoms with Crippen LogP contribution in [0.5, 0.6) is 0 Å². The number of hydrogen-bond donors (Lipinski definition) is 1. The molecule has 0 aliphatic rings. The maximum absolute atomic E-state index is 12.0. The molecule has 0 saturated heterocycles. The van der Waals surface area contributed by atoms with Gasteiger partial charge in [-0.05, 0) is 19.9 Å². The third kappa shape index (κ3) is 2.80. The van der Waals surface area contributed by atoms with Crippen molar-refractivity contribution < 1.29 is 4.79 Å². The molecule has 2 aromatic heterocycles. The summed E-state index contributed by atoms with van der Waals surface area (Å²) in [4.78, 5) is 21.1. The van der Waals surface area contributed by atoms with E-state index in [1.54, 1.807) is 0 Å². The van der Waals surface area contributed by atoms with Crippen molar-refractivity contribution in [1.82, 2.24) is 9.97 Å². The molecule has 0 saturated carbocycles. The Morgan fingerprint density at radius 1 is 1.39 bits per heavy atom. The van der Waals surface area contributed by atoms with Crippen LogP contribution in [0.4, 0.5) is 5.13 Å². The summed E-state index contributed by atoms with van der Waals surface area (Å²) in [5.74, 6) is -0.349. The van der Waals surface area contributed by atoms with Crippen molar-refractivity contribution in [3.8, 4) is 0 Å². The van der Waals surface area contributed by atoms with Crippen molar-refractivity contribution in [2.24, 2.45) is 0 Å². The number of amides is 1. The van der Waals surface area contributed by atoms with Crippen molar-refractivity contribution in [1.29, 1.82) is 0 Å². The van der Waals surface area contributed by atoms with Crippen LogP contribution in [0.2, 0.25) is 10.2 Å². The molecule has 0 radical (unpaired) electrons. The number of aromatic nitrogens is 2. The van der Waals surface area contributed by atoms with Crippen LogP contribution in [0, 0.1) is 13.8 Å². The summed E-state index contributed by atoms with van der Waals surface area (Å²) in [6.07, 6.45) is 1.34. The molecule has 4 nitrogen and oxygen atoms in total. The normalized spacial score (nSPS) is 10.4. The molecule has 94 valence electrons. The molecule has 0 spiro atoms. The van der Waals surface area contributed by atoms with E-state index in [0.717, 1.165) is 10.6 Å². The zero-order chi connectivity index (χ0) is 13.3. The minimum atomic E-state index is -0.349. The highest BCUT2D eigenvalue weighted by Gasteiger charge is 2.14. The van der Waals surface area contributed by atoms with Gasteiger partial charge in [0.05, 0.1) is 16.3 Å². The predicted octanol–water partition coefficient (Wildman–Crippen LogP) is 3.71. The Kier molecular flexibility index (Phi) is 3.85. The molecule has 0 atom stereocenters. The summed E-state index contributed by atoms with van der Waals surface area (Å²) < 4.78 is 0. The van der Waals surface area contributed by atoms with E-state index in [1.807, 2.05) is 13.8 Å². The van der Waals surface area contributed by atoms with Gasteiger partial charge in [0.15, 0.2) is 5.13 Å². The monoisotopic (exact) mass is 301 g/mol. The highest BCUT2D eigenvalue weighted by Crippen LogP contribution is 2.23. The number of carbonyl (C=O) groups is 1. The van der Waals surface area contributed by atoms with Crippen molar-refractivity contribution in [2.45, 2.75) is 13.8 Å². The number of aryl methyl sites for hydroxylation is 2. The summed E-state index contributed by atoms with van der Waals surface area (Å²) in [6.45, 7) is 3.83. The fourth-order valence-corrected chi connectivity index (χ4v) is 2.43. The van der Waals surface area contributed by atoms with Crippen molar-refractivity contribution in [3.63, 3.8) is 0 Å². The third-order valence-electron chi connectivity index (χ3n) is 2.32. The Morgan fingerprint density at radius 2 is 2.11 bits per heavy atom. The molecule has 2 heterocycles. The van der Waals surface area contributed by atoms with Gasteiger partial charge in [0.2, 0.25) is 0 Å². The van der Waals surface area contributed by atoms with E-state index in [-0.39, 0.29) is 21.6 Å². The summed E-state index contributed by atoms with van der Waals surface area (Å²) in [5, 5.41) is 3.70. The molecular weight excluding hydrogens is 293 g/mol. The molecule has 0 bridgehead atoms. The van der Waals surface area contributed by atoms with E-state index >= 15 is 0 Å². The zero-order valence-corrected chi connectivity index (χ0v) is 11.9. The van der Waals surface area contributed by atoms with Crippen LogP contribution in [0.25, 0.3) is 0 Å². The number of carbonyl (C=O) groups excluding carboxylic acids is 1. The highest BCUT2D eigenvalue weighted by molar-refractivity contribution is 7.15. The summed E-state index contributed by atoms with van der Waals surface area (Å²) in [5.41, 5.74) is 1.18. The molecule has 1 N–H and O–H groups in total. The van der Waals surface area contributed by atoms with Crippen LogP contribution in [0.15, 0.2) is 12.3 Å². The van der Waals surface area contributed by atoms with Gasteiger partial charge in [-0.3, -0.25) is 10.1 Å². The van der Waals surface area contributed by atoms with Gasteiger partial charge in [0.25, 0.3) is 5.91 Å². The lowest BCUT2D eigenvalue weighted by Crippen LogP contribution is -2.12. The maximum atomic E-state index is 12.0. The molecular formula is C11H9Cl2N3OS. The fraction of sp³-hybridized carbons (Fsp3) is 0.182. The first-order valence-corrected chi connectivity index (χ1v) is 6.61. The zero-order valence-electron chi connectivity index (χ0n) is 9.62. The average Bonchev–Trinajstić information content (AvgIpc) is 2.61. The van der Waals surface area contributed by atoms with Crippen LogP contribution >= 0.6 is 34.5 Å². The van der Waals surface area contributed by atoms with Crippen LogP contribution in [0.1, 0.15) is 20.9 Å². The van der Waals surface area contributed by atoms with Crippen molar-refractivity contribution >= 4 is 45.6 Å². The van der Waals surface area contributed by atoms with Gasteiger partial charge >= 0.3 is 0 Å². The number of hydrogen-bond acceptors (Lipinski definition) is 4. The SMILES string of the molecule is Cc1nc(NC(=O)c2cc(Cl)ncc2Cl)sc1C. The van der Waals surface area contributed by atoms with Gasteiger partial charge < -0.3 is 0 Å². The molecule has 0 aliphatic heterocycles. The van der Waals surface area contributed by atoms with Crippen molar-refractivity contribution in [2.75, 3.05) is 5.32 Å². The fourth-order valence-electron chi connectivity index (χ4n) is 1.28. The van der Waals surface area contributed by atoms with Gasteiger partial charge in [-0.25, -0.2) is 9.97 Å². The molecule has 0 unspecified atom stereocenters. The van der Waals surface area contributed by atoms with Gasteiger partial charge in [0.1, 0.15) is 5.15 Å². The summed E-state index contributed by atoms with van der Waals surface area (Å²) in [7, 11) is 0. The molecule has 2 rings (SSSR count). The third-order valence-corrected chi connectivity index (χ3v) is 3.81. The van der Waals surface area contributed by atoms with Gasteiger partial charge in [-0.2, -0.15) is 0 Å². The number of nitrogens with one attached hydrogen (secondary N) is 1. The quantitative estimate of drug-likeness (QED) is 0.860. The molecule has 0 aliphatic carbocycles. The van der Waals surface area contributed by atoms with Crippen LogP contribution in [0.3, 0.4) is 0 Å². The van der Waals surface area contributed by atoms with Crippen molar-refractivity contribution in [3.05, 3.63) is 38.6 Å². The standard InChI is InChI=1S/C11H9Cl2N3OS/c1-5-6(2)18-11(15-5)16-10(17)7-3-9(13)14-4-8(7)12/h3-4H,1-2H3,(H,15,16,17). The largest absolute Gasteiger partial charge is 0.298 e. The number of pyridine rings is 1. The average molecular weight is 302 g/mol. The van der Waals surface area contributed by atoms with E-state index < -0.39 is 0 Å². The van der Waals surface area contributed by atoms with Gasteiger partial charge in [-0.15, -0.1) is 11.3 Å². The summed E-state index contributed by atoms with van der Waals surface area (Å²) >= 11 is 13.0. The molecule has 2 aromatic rings. The summed E-state index contributed by atoms with van der Waals surface area (Å²) in [6, 6.07) is 1.42. The second-order valence-corrected chi connectivity index (χ2v) is 5.60. The highest BCUT2D eigenvalue weighted by atomic mass is 35.5. The lowest BCUT2D eigenvalue weighted by molar-refractivity contribution is 0.102. The van der Waals surface area contributed by atoms with Gasteiger partial charge in [0, 0.05) is 11.1 Å². The van der Waals surface area contributed by atoms with Gasteiger partial charge in [-0.1, -0.05) is 23.2 Å². The lowest BCUT2D eigenvalue weighted by atomic mass is 10.2. The number of thiazole rings is 1. The lowest BCUT2D eigenvalue weighted by Gasteiger charge is -2.03. The Morgan fingerprint density at radius 3 is 2.72 bits per heavy atom. The second-order valence-electron chi connectivity index (χ2n) is 3.60. The van der Waals surface area contributed by atoms with Crippen LogP contribution < -0.4 is 5.32 Å². The maximum Gasteiger partial charge on any atom is 0.259 e. The van der Waals surface area contributed by atoms with Crippen LogP contribution in [-0.4, -0.2) is 15.9 Å². The Bertz CT molecular complexity index is 593. The topological polar surface area (TPSA) is 54.9 Å². The second kappa shape index (κ2) is 5.22. The number of rotatable bonds is 2. The van der Waals surface area contributed by atoms with E-state index in [4.69, 9.17) is 23.2 Å². The number of halogens is 2. The first kappa shape index (κ1) is 13.3. The number of nitrogens with zero attached hydrogens (tertiary/aromatic N) is 2. The minimum absolute atomic E-state index is 0.219. The van der Waals surface area contributed by atoms with Crippen LogP contribution in [-0.2, 0) is 0 Å². The number of anilines is 1. The Labute approximate surface area is 118 Å². The molecule has 0 aromatic carbocycles. The van der Waals surface area contributed by atoms with E-state index in [1.165, 1.54) is 23.6 Å². The molecule has 0 fully saturated rings. The Hall–Kier alpha value is -1.17. The molecule has 1 amide bonds. The first-order chi connectivity index (χ1) is 8.47. The predicted molar refractivity (Wildman–Crippen MR) is 73.8 cm³/mol. The van der Waals surface area contributed by atoms with E-state index in [2.05, 4.69) is 15.3 Å². The molecule has 7 heteroatoms. The van der Waals surface area contributed by atoms with E-state index in [9.17, 15) is 4.79 Å². The molecule has 18 heavy (non-hydrogen) atoms. The smallest absolute Gasteiger partial charge is 0.259 e. The minimum Gasteiger partial charge on any atom is -0.298 e. The van der Waals surface area contributed by atoms with E-state index in [0.29, 0.717) is 5.13 Å².